The summed E-state index contributed by atoms with van der Waals surface area (Å²) >= 11 is 0. The molecule has 0 aliphatic carbocycles. The third kappa shape index (κ3) is 6.75. The first-order valence-corrected chi connectivity index (χ1v) is 8.74. The molecule has 0 spiro atoms. The topological polar surface area (TPSA) is 97.2 Å². The van der Waals surface area contributed by atoms with Crippen LogP contribution in [0.2, 0.25) is 0 Å². The van der Waals surface area contributed by atoms with E-state index in [0.29, 0.717) is 17.1 Å². The van der Waals surface area contributed by atoms with Crippen LogP contribution >= 0.6 is 0 Å². The number of nitrogens with zero attached hydrogens (tertiary/aromatic N) is 1. The molecule has 0 fully saturated rings. The molecule has 0 aliphatic heterocycles. The Morgan fingerprint density at radius 1 is 1.04 bits per heavy atom. The van der Waals surface area contributed by atoms with Gasteiger partial charge in [-0.3, -0.25) is 4.79 Å². The Kier molecular flexibility index (Phi) is 7.14. The number of carboxylic acids is 1. The van der Waals surface area contributed by atoms with E-state index >= 15 is 0 Å². The third-order valence-corrected chi connectivity index (χ3v) is 3.75. The van der Waals surface area contributed by atoms with Crippen LogP contribution in [0.1, 0.15) is 31.9 Å². The summed E-state index contributed by atoms with van der Waals surface area (Å²) in [5.41, 5.74) is 4.14. The largest absolute Gasteiger partial charge is 0.484 e. The highest BCUT2D eigenvalue weighted by molar-refractivity contribution is 5.85. The summed E-state index contributed by atoms with van der Waals surface area (Å²) in [6.07, 6.45) is 1.38. The maximum Gasteiger partial charge on any atom is 0.341 e. The quantitative estimate of drug-likeness (QED) is 0.539. The molecule has 148 valence electrons. The van der Waals surface area contributed by atoms with Gasteiger partial charge in [0.1, 0.15) is 11.5 Å². The fourth-order valence-corrected chi connectivity index (χ4v) is 2.26. The van der Waals surface area contributed by atoms with Gasteiger partial charge in [-0.05, 0) is 35.2 Å². The Labute approximate surface area is 164 Å². The molecule has 2 aromatic rings. The van der Waals surface area contributed by atoms with Gasteiger partial charge in [-0.1, -0.05) is 45.0 Å². The molecule has 1 amide bonds. The second kappa shape index (κ2) is 9.55. The van der Waals surface area contributed by atoms with Crippen LogP contribution in [0.15, 0.2) is 53.6 Å². The molecule has 0 radical (unpaired) electrons. The van der Waals surface area contributed by atoms with Crippen LogP contribution < -0.4 is 14.9 Å². The van der Waals surface area contributed by atoms with E-state index < -0.39 is 18.5 Å². The van der Waals surface area contributed by atoms with Crippen molar-refractivity contribution in [3.63, 3.8) is 0 Å². The van der Waals surface area contributed by atoms with E-state index in [1.165, 1.54) is 11.8 Å². The van der Waals surface area contributed by atoms with Crippen molar-refractivity contribution in [2.24, 2.45) is 5.10 Å². The zero-order valence-electron chi connectivity index (χ0n) is 16.1. The molecule has 0 heterocycles. The van der Waals surface area contributed by atoms with Crippen molar-refractivity contribution >= 4 is 18.1 Å². The van der Waals surface area contributed by atoms with Crippen molar-refractivity contribution in [3.8, 4) is 11.5 Å². The zero-order chi connectivity index (χ0) is 20.6. The van der Waals surface area contributed by atoms with Gasteiger partial charge in [0, 0.05) is 5.56 Å². The predicted octanol–water partition coefficient (Wildman–Crippen LogP) is 2.98. The van der Waals surface area contributed by atoms with Crippen LogP contribution in [-0.2, 0) is 15.0 Å². The predicted molar refractivity (Wildman–Crippen MR) is 106 cm³/mol. The molecule has 0 atom stereocenters. The monoisotopic (exact) mass is 384 g/mol. The number of ether oxygens (including phenoxy) is 2. The lowest BCUT2D eigenvalue weighted by Gasteiger charge is -2.19. The van der Waals surface area contributed by atoms with Gasteiger partial charge in [0.2, 0.25) is 0 Å². The number of rotatable bonds is 8. The molecule has 0 saturated carbocycles. The van der Waals surface area contributed by atoms with Crippen molar-refractivity contribution in [2.45, 2.75) is 26.2 Å². The van der Waals surface area contributed by atoms with Crippen molar-refractivity contribution in [2.75, 3.05) is 13.2 Å². The number of carboxylic acid groups (broad SMARTS) is 1. The lowest BCUT2D eigenvalue weighted by Crippen LogP contribution is -2.24. The normalized spacial score (nSPS) is 11.2. The summed E-state index contributed by atoms with van der Waals surface area (Å²) in [7, 11) is 0. The van der Waals surface area contributed by atoms with Crippen LogP contribution in [0.3, 0.4) is 0 Å². The SMILES string of the molecule is CC(C)(C)c1ccc(OCC(=O)N/N=C/c2ccccc2OCC(=O)O)cc1. The number of hydrazone groups is 1. The van der Waals surface area contributed by atoms with Gasteiger partial charge in [-0.15, -0.1) is 0 Å². The molecule has 2 rings (SSSR count). The highest BCUT2D eigenvalue weighted by Crippen LogP contribution is 2.24. The van der Waals surface area contributed by atoms with Gasteiger partial charge < -0.3 is 14.6 Å². The number of nitrogens with one attached hydrogen (secondary N) is 1. The smallest absolute Gasteiger partial charge is 0.341 e. The molecule has 0 saturated heterocycles. The van der Waals surface area contributed by atoms with E-state index in [2.05, 4.69) is 31.3 Å². The minimum atomic E-state index is -1.08. The summed E-state index contributed by atoms with van der Waals surface area (Å²) < 4.78 is 10.6. The van der Waals surface area contributed by atoms with Crippen molar-refractivity contribution < 1.29 is 24.2 Å². The van der Waals surface area contributed by atoms with Gasteiger partial charge >= 0.3 is 5.97 Å². The Hall–Kier alpha value is -3.35. The van der Waals surface area contributed by atoms with Gasteiger partial charge in [-0.25, -0.2) is 10.2 Å². The minimum Gasteiger partial charge on any atom is -0.484 e. The number of hydrogen-bond acceptors (Lipinski definition) is 5. The number of benzene rings is 2. The van der Waals surface area contributed by atoms with E-state index in [4.69, 9.17) is 14.6 Å². The lowest BCUT2D eigenvalue weighted by molar-refractivity contribution is -0.139. The molecule has 0 bridgehead atoms. The van der Waals surface area contributed by atoms with Gasteiger partial charge in [0.25, 0.3) is 5.91 Å². The van der Waals surface area contributed by atoms with Crippen LogP contribution in [-0.4, -0.2) is 36.4 Å². The summed E-state index contributed by atoms with van der Waals surface area (Å²) in [6, 6.07) is 14.4. The van der Waals surface area contributed by atoms with Gasteiger partial charge in [0.05, 0.1) is 6.21 Å². The molecule has 2 aromatic carbocycles. The number of para-hydroxylation sites is 1. The number of hydrogen-bond donors (Lipinski definition) is 2. The van der Waals surface area contributed by atoms with Gasteiger partial charge in [-0.2, -0.15) is 5.10 Å². The first-order valence-electron chi connectivity index (χ1n) is 8.74. The second-order valence-corrected chi connectivity index (χ2v) is 7.08. The molecule has 7 nitrogen and oxygen atoms in total. The fraction of sp³-hybridized carbons (Fsp3) is 0.286. The van der Waals surface area contributed by atoms with E-state index in [-0.39, 0.29) is 12.0 Å². The van der Waals surface area contributed by atoms with E-state index in [0.717, 1.165) is 0 Å². The molecular formula is C21H24N2O5. The molecule has 28 heavy (non-hydrogen) atoms. The maximum atomic E-state index is 11.9. The van der Waals surface area contributed by atoms with Crippen LogP contribution in [0, 0.1) is 0 Å². The van der Waals surface area contributed by atoms with Crippen LogP contribution in [0.4, 0.5) is 0 Å². The molecule has 2 N–H and O–H groups in total. The molecule has 0 unspecified atom stereocenters. The van der Waals surface area contributed by atoms with Crippen molar-refractivity contribution in [1.82, 2.24) is 5.43 Å². The van der Waals surface area contributed by atoms with Gasteiger partial charge in [0.15, 0.2) is 13.2 Å². The first kappa shape index (κ1) is 21.0. The Morgan fingerprint density at radius 3 is 2.36 bits per heavy atom. The Morgan fingerprint density at radius 2 is 1.71 bits per heavy atom. The molecular weight excluding hydrogens is 360 g/mol. The second-order valence-electron chi connectivity index (χ2n) is 7.08. The van der Waals surface area contributed by atoms with Crippen molar-refractivity contribution in [3.05, 3.63) is 59.7 Å². The summed E-state index contributed by atoms with van der Waals surface area (Å²) in [6.45, 7) is 5.74. The van der Waals surface area contributed by atoms with Crippen LogP contribution in [0.5, 0.6) is 11.5 Å². The van der Waals surface area contributed by atoms with E-state index in [1.807, 2.05) is 24.3 Å². The van der Waals surface area contributed by atoms with Crippen molar-refractivity contribution in [1.29, 1.82) is 0 Å². The lowest BCUT2D eigenvalue weighted by atomic mass is 9.87. The number of carbonyl (C=O) groups excluding carboxylic acids is 1. The maximum absolute atomic E-state index is 11.9. The fourth-order valence-electron chi connectivity index (χ4n) is 2.26. The minimum absolute atomic E-state index is 0.0507. The van der Waals surface area contributed by atoms with E-state index in [1.54, 1.807) is 24.3 Å². The Bertz CT molecular complexity index is 839. The average molecular weight is 384 g/mol. The molecule has 7 heteroatoms. The van der Waals surface area contributed by atoms with E-state index in [9.17, 15) is 9.59 Å². The zero-order valence-corrected chi connectivity index (χ0v) is 16.1. The number of amides is 1. The average Bonchev–Trinajstić information content (AvgIpc) is 2.65. The highest BCUT2D eigenvalue weighted by Gasteiger charge is 2.13. The Balaban J connectivity index is 1.85. The highest BCUT2D eigenvalue weighted by atomic mass is 16.5. The summed E-state index contributed by atoms with van der Waals surface area (Å²) in [5.74, 6) is -0.537. The number of aliphatic carboxylic acids is 1. The number of carbonyl (C=O) groups is 2. The summed E-state index contributed by atoms with van der Waals surface area (Å²) in [5, 5.41) is 12.5. The summed E-state index contributed by atoms with van der Waals surface area (Å²) in [4.78, 5) is 22.5. The molecule has 0 aliphatic rings. The first-order chi connectivity index (χ1) is 13.3. The standard InChI is InChI=1S/C21H24N2O5/c1-21(2,3)16-8-10-17(11-9-16)27-13-19(24)23-22-12-15-6-4-5-7-18(15)28-14-20(25)26/h4-12H,13-14H2,1-3H3,(H,23,24)(H,25,26)/b22-12+. The third-order valence-electron chi connectivity index (χ3n) is 3.75. The van der Waals surface area contributed by atoms with Crippen LogP contribution in [0.25, 0.3) is 0 Å². The molecule has 0 aromatic heterocycles.